The Morgan fingerprint density at radius 3 is 2.54 bits per heavy atom. The number of methoxy groups -OCH3 is 1. The number of nitrogens with one attached hydrogen (secondary N) is 1. The van der Waals surface area contributed by atoms with Crippen molar-refractivity contribution in [2.45, 2.75) is 33.3 Å². The van der Waals surface area contributed by atoms with E-state index >= 15 is 0 Å². The molecule has 0 amide bonds. The van der Waals surface area contributed by atoms with Gasteiger partial charge in [-0.3, -0.25) is 0 Å². The summed E-state index contributed by atoms with van der Waals surface area (Å²) in [5, 5.41) is 12.4. The fourth-order valence-corrected chi connectivity index (χ4v) is 0.953. The van der Waals surface area contributed by atoms with Gasteiger partial charge in [0, 0.05) is 32.2 Å². The van der Waals surface area contributed by atoms with Crippen LogP contribution in [0.3, 0.4) is 0 Å². The molecule has 0 bridgehead atoms. The highest BCUT2D eigenvalue weighted by molar-refractivity contribution is 4.74. The minimum Gasteiger partial charge on any atom is -0.396 e. The van der Waals surface area contributed by atoms with Crippen LogP contribution in [0, 0.1) is 5.41 Å². The summed E-state index contributed by atoms with van der Waals surface area (Å²) < 4.78 is 5.11. The first-order valence-electron chi connectivity index (χ1n) is 4.92. The van der Waals surface area contributed by atoms with Crippen LogP contribution >= 0.6 is 0 Å². The van der Waals surface area contributed by atoms with E-state index in [-0.39, 0.29) is 18.1 Å². The van der Waals surface area contributed by atoms with E-state index < -0.39 is 0 Å². The normalized spacial score (nSPS) is 18.2. The average molecular weight is 189 g/mol. The SMILES string of the molecule is CCC(C)(CO)CNCC(C)OC. The third-order valence-corrected chi connectivity index (χ3v) is 2.62. The molecule has 0 rings (SSSR count). The molecule has 0 aromatic rings. The minimum absolute atomic E-state index is 0.00740. The van der Waals surface area contributed by atoms with Gasteiger partial charge in [-0.2, -0.15) is 0 Å². The molecule has 0 aliphatic heterocycles. The summed E-state index contributed by atoms with van der Waals surface area (Å²) in [5.74, 6) is 0. The third-order valence-electron chi connectivity index (χ3n) is 2.62. The molecule has 13 heavy (non-hydrogen) atoms. The highest BCUT2D eigenvalue weighted by atomic mass is 16.5. The summed E-state index contributed by atoms with van der Waals surface area (Å²) in [6.45, 7) is 8.11. The van der Waals surface area contributed by atoms with Gasteiger partial charge in [-0.15, -0.1) is 0 Å². The second-order valence-corrected chi connectivity index (χ2v) is 4.00. The first kappa shape index (κ1) is 12.9. The van der Waals surface area contributed by atoms with Crippen molar-refractivity contribution in [2.24, 2.45) is 5.41 Å². The Labute approximate surface area is 81.5 Å². The van der Waals surface area contributed by atoms with Gasteiger partial charge in [0.15, 0.2) is 0 Å². The summed E-state index contributed by atoms with van der Waals surface area (Å²) in [6, 6.07) is 0. The van der Waals surface area contributed by atoms with Crippen molar-refractivity contribution >= 4 is 0 Å². The molecule has 0 aromatic heterocycles. The fourth-order valence-electron chi connectivity index (χ4n) is 0.953. The van der Waals surface area contributed by atoms with Crippen molar-refractivity contribution in [3.8, 4) is 0 Å². The van der Waals surface area contributed by atoms with Crippen LogP contribution in [0.1, 0.15) is 27.2 Å². The van der Waals surface area contributed by atoms with Gasteiger partial charge >= 0.3 is 0 Å². The second-order valence-electron chi connectivity index (χ2n) is 4.00. The molecule has 0 saturated heterocycles. The Balaban J connectivity index is 3.61. The first-order chi connectivity index (χ1) is 6.08. The van der Waals surface area contributed by atoms with Gasteiger partial charge in [0.25, 0.3) is 0 Å². The van der Waals surface area contributed by atoms with Gasteiger partial charge in [0.1, 0.15) is 0 Å². The van der Waals surface area contributed by atoms with Crippen molar-refractivity contribution < 1.29 is 9.84 Å². The van der Waals surface area contributed by atoms with Crippen LogP contribution in [0.2, 0.25) is 0 Å². The number of rotatable bonds is 7. The molecule has 3 nitrogen and oxygen atoms in total. The predicted molar refractivity (Wildman–Crippen MR) is 54.8 cm³/mol. The van der Waals surface area contributed by atoms with E-state index in [2.05, 4.69) is 19.2 Å². The Morgan fingerprint density at radius 2 is 2.15 bits per heavy atom. The van der Waals surface area contributed by atoms with E-state index in [1.54, 1.807) is 7.11 Å². The van der Waals surface area contributed by atoms with Gasteiger partial charge < -0.3 is 15.2 Å². The van der Waals surface area contributed by atoms with Crippen LogP contribution in [0.15, 0.2) is 0 Å². The average Bonchev–Trinajstić information content (AvgIpc) is 2.17. The lowest BCUT2D eigenvalue weighted by Gasteiger charge is -2.26. The lowest BCUT2D eigenvalue weighted by atomic mass is 9.89. The molecule has 0 aliphatic rings. The quantitative estimate of drug-likeness (QED) is 0.628. The molecular formula is C10H23NO2. The van der Waals surface area contributed by atoms with Crippen LogP contribution in [0.4, 0.5) is 0 Å². The maximum atomic E-state index is 9.14. The smallest absolute Gasteiger partial charge is 0.0667 e. The lowest BCUT2D eigenvalue weighted by Crippen LogP contribution is -2.37. The van der Waals surface area contributed by atoms with E-state index in [0.717, 1.165) is 19.5 Å². The maximum absolute atomic E-state index is 9.14. The number of aliphatic hydroxyl groups is 1. The molecule has 0 fully saturated rings. The lowest BCUT2D eigenvalue weighted by molar-refractivity contribution is 0.101. The van der Waals surface area contributed by atoms with Crippen molar-refractivity contribution in [1.29, 1.82) is 0 Å². The summed E-state index contributed by atoms with van der Waals surface area (Å²) in [7, 11) is 1.71. The Hall–Kier alpha value is -0.120. The summed E-state index contributed by atoms with van der Waals surface area (Å²) >= 11 is 0. The zero-order valence-corrected chi connectivity index (χ0v) is 9.26. The molecule has 0 radical (unpaired) electrons. The van der Waals surface area contributed by atoms with E-state index in [9.17, 15) is 0 Å². The monoisotopic (exact) mass is 189 g/mol. The zero-order chi connectivity index (χ0) is 10.3. The maximum Gasteiger partial charge on any atom is 0.0667 e. The van der Waals surface area contributed by atoms with Crippen LogP contribution < -0.4 is 5.32 Å². The highest BCUT2D eigenvalue weighted by Gasteiger charge is 2.20. The van der Waals surface area contributed by atoms with E-state index in [0.29, 0.717) is 0 Å². The summed E-state index contributed by atoms with van der Waals surface area (Å²) in [6.07, 6.45) is 1.22. The van der Waals surface area contributed by atoms with Crippen molar-refractivity contribution in [1.82, 2.24) is 5.32 Å². The standard InChI is InChI=1S/C10H23NO2/c1-5-10(3,8-12)7-11-6-9(2)13-4/h9,11-12H,5-8H2,1-4H3. The Morgan fingerprint density at radius 1 is 1.54 bits per heavy atom. The molecule has 0 aliphatic carbocycles. The van der Waals surface area contributed by atoms with Crippen LogP contribution in [0.25, 0.3) is 0 Å². The zero-order valence-electron chi connectivity index (χ0n) is 9.26. The van der Waals surface area contributed by atoms with Gasteiger partial charge in [-0.05, 0) is 13.3 Å². The third kappa shape index (κ3) is 5.24. The van der Waals surface area contributed by atoms with Crippen molar-refractivity contribution in [3.05, 3.63) is 0 Å². The number of aliphatic hydroxyl groups excluding tert-OH is 1. The van der Waals surface area contributed by atoms with Gasteiger partial charge in [0.05, 0.1) is 6.10 Å². The van der Waals surface area contributed by atoms with Crippen molar-refractivity contribution in [3.63, 3.8) is 0 Å². The molecule has 2 atom stereocenters. The molecule has 2 unspecified atom stereocenters. The van der Waals surface area contributed by atoms with Gasteiger partial charge in [-0.1, -0.05) is 13.8 Å². The van der Waals surface area contributed by atoms with Crippen LogP contribution in [-0.4, -0.2) is 38.0 Å². The number of ether oxygens (including phenoxy) is 1. The Bertz CT molecular complexity index is 124. The first-order valence-corrected chi connectivity index (χ1v) is 4.92. The molecule has 0 saturated carbocycles. The molecule has 80 valence electrons. The number of hydrogen-bond donors (Lipinski definition) is 2. The van der Waals surface area contributed by atoms with Gasteiger partial charge in [0.2, 0.25) is 0 Å². The van der Waals surface area contributed by atoms with Crippen LogP contribution in [-0.2, 0) is 4.74 Å². The molecule has 2 N–H and O–H groups in total. The van der Waals surface area contributed by atoms with Gasteiger partial charge in [-0.25, -0.2) is 0 Å². The van der Waals surface area contributed by atoms with E-state index in [1.807, 2.05) is 6.92 Å². The predicted octanol–water partition coefficient (Wildman–Crippen LogP) is 1.02. The molecular weight excluding hydrogens is 166 g/mol. The molecule has 0 aromatic carbocycles. The van der Waals surface area contributed by atoms with E-state index in [1.165, 1.54) is 0 Å². The molecule has 0 heterocycles. The Kier molecular flexibility index (Phi) is 6.29. The van der Waals surface area contributed by atoms with Crippen molar-refractivity contribution in [2.75, 3.05) is 26.8 Å². The van der Waals surface area contributed by atoms with E-state index in [4.69, 9.17) is 9.84 Å². The molecule has 0 spiro atoms. The second kappa shape index (κ2) is 6.35. The minimum atomic E-state index is 0.00740. The summed E-state index contributed by atoms with van der Waals surface area (Å²) in [5.41, 5.74) is 0.00740. The summed E-state index contributed by atoms with van der Waals surface area (Å²) in [4.78, 5) is 0. The molecule has 3 heteroatoms. The topological polar surface area (TPSA) is 41.5 Å². The van der Waals surface area contributed by atoms with Crippen LogP contribution in [0.5, 0.6) is 0 Å². The number of hydrogen-bond acceptors (Lipinski definition) is 3. The fraction of sp³-hybridized carbons (Fsp3) is 1.00. The highest BCUT2D eigenvalue weighted by Crippen LogP contribution is 2.18. The largest absolute Gasteiger partial charge is 0.396 e.